The fourth-order valence-electron chi connectivity index (χ4n) is 2.08. The van der Waals surface area contributed by atoms with Crippen LogP contribution < -0.4 is 0 Å². The third-order valence-electron chi connectivity index (χ3n) is 3.44. The first kappa shape index (κ1) is 26.8. The summed E-state index contributed by atoms with van der Waals surface area (Å²) < 4.78 is 32.8. The number of rotatable bonds is 4. The highest BCUT2D eigenvalue weighted by molar-refractivity contribution is 7.97. The summed E-state index contributed by atoms with van der Waals surface area (Å²) in [6.45, 7) is 4.36. The molecular weight excluding hydrogens is 411 g/mol. The predicted octanol–water partition coefficient (Wildman–Crippen LogP) is 5.75. The standard InChI is InChI=1S/C18H15S.C4H10.FH.H2O4S/c1-4-10-16(11-5-1)19(17-12-6-2-7-13-17)18-14-8-3-9-15-18;1-3-4-2;;1-5(2,3)4/h1-15H;3-4H2,1-2H3;1H;(H2,1,2,3,4)/q+1;;;/p-1. The van der Waals surface area contributed by atoms with Crippen LogP contribution in [0.5, 0.6) is 0 Å². The van der Waals surface area contributed by atoms with Crippen molar-refractivity contribution in [1.82, 2.24) is 0 Å². The molecule has 158 valence electrons. The average molecular weight is 439 g/mol. The monoisotopic (exact) mass is 438 g/mol. The highest BCUT2D eigenvalue weighted by Gasteiger charge is 2.27. The van der Waals surface area contributed by atoms with E-state index in [0.717, 1.165) is 0 Å². The Bertz CT molecular complexity index is 771. The van der Waals surface area contributed by atoms with Gasteiger partial charge in [0.25, 0.3) is 0 Å². The van der Waals surface area contributed by atoms with Gasteiger partial charge in [0.1, 0.15) is 0 Å². The zero-order chi connectivity index (χ0) is 20.8. The van der Waals surface area contributed by atoms with E-state index in [1.165, 1.54) is 27.5 Å². The van der Waals surface area contributed by atoms with E-state index >= 15 is 0 Å². The first-order valence-electron chi connectivity index (χ1n) is 8.94. The minimum atomic E-state index is -4.92. The second-order valence-corrected chi connectivity index (χ2v) is 8.56. The Kier molecular flexibility index (Phi) is 13.6. The Morgan fingerprint density at radius 3 is 1.07 bits per heavy atom. The van der Waals surface area contributed by atoms with Gasteiger partial charge in [0.15, 0.2) is 14.7 Å². The Morgan fingerprint density at radius 2 is 0.897 bits per heavy atom. The number of unbranched alkanes of at least 4 members (excludes halogenated alkanes) is 1. The van der Waals surface area contributed by atoms with E-state index < -0.39 is 10.4 Å². The van der Waals surface area contributed by atoms with Crippen molar-refractivity contribution in [2.24, 2.45) is 0 Å². The molecule has 0 heterocycles. The Balaban J connectivity index is 0.000000668. The summed E-state index contributed by atoms with van der Waals surface area (Å²) in [6, 6.07) is 32.2. The van der Waals surface area contributed by atoms with Crippen LogP contribution in [0.1, 0.15) is 26.7 Å². The lowest BCUT2D eigenvalue weighted by Gasteiger charge is -2.07. The van der Waals surface area contributed by atoms with Crippen molar-refractivity contribution in [3.8, 4) is 0 Å². The van der Waals surface area contributed by atoms with Crippen molar-refractivity contribution in [1.29, 1.82) is 0 Å². The molecular formula is C22H27FO4S2. The fraction of sp³-hybridized carbons (Fsp3) is 0.182. The van der Waals surface area contributed by atoms with Crippen LogP contribution in [0.15, 0.2) is 106 Å². The lowest BCUT2D eigenvalue weighted by Crippen LogP contribution is -2.04. The van der Waals surface area contributed by atoms with Gasteiger partial charge in [0.2, 0.25) is 10.4 Å². The first-order valence-corrected chi connectivity index (χ1v) is 11.5. The summed E-state index contributed by atoms with van der Waals surface area (Å²) in [7, 11) is -4.93. The maximum atomic E-state index is 8.63. The maximum absolute atomic E-state index is 8.63. The van der Waals surface area contributed by atoms with Crippen LogP contribution in [-0.2, 0) is 21.3 Å². The van der Waals surface area contributed by atoms with Gasteiger partial charge in [0, 0.05) is 0 Å². The van der Waals surface area contributed by atoms with Gasteiger partial charge in [-0.05, 0) is 36.4 Å². The molecule has 3 aromatic rings. The van der Waals surface area contributed by atoms with Gasteiger partial charge < -0.3 is 4.55 Å². The van der Waals surface area contributed by atoms with E-state index in [1.54, 1.807) is 0 Å². The van der Waals surface area contributed by atoms with Crippen molar-refractivity contribution < 1.29 is 22.2 Å². The van der Waals surface area contributed by atoms with E-state index in [0.29, 0.717) is 0 Å². The Hall–Kier alpha value is -2.19. The summed E-state index contributed by atoms with van der Waals surface area (Å²) in [5, 5.41) is 0. The minimum absolute atomic E-state index is 0. The van der Waals surface area contributed by atoms with Gasteiger partial charge in [-0.25, -0.2) is 8.42 Å². The summed E-state index contributed by atoms with van der Waals surface area (Å²) in [5.41, 5.74) is 0. The highest BCUT2D eigenvalue weighted by Crippen LogP contribution is 2.30. The van der Waals surface area contributed by atoms with E-state index in [-0.39, 0.29) is 15.6 Å². The van der Waals surface area contributed by atoms with Crippen LogP contribution >= 0.6 is 0 Å². The van der Waals surface area contributed by atoms with Crippen molar-refractivity contribution in [3.63, 3.8) is 0 Å². The molecule has 0 aliphatic rings. The van der Waals surface area contributed by atoms with E-state index in [2.05, 4.69) is 105 Å². The Labute approximate surface area is 175 Å². The largest absolute Gasteiger partial charge is 0.726 e. The van der Waals surface area contributed by atoms with E-state index in [9.17, 15) is 0 Å². The van der Waals surface area contributed by atoms with Gasteiger partial charge in [-0.2, -0.15) is 0 Å². The first-order chi connectivity index (χ1) is 13.4. The molecule has 0 saturated heterocycles. The molecule has 0 spiro atoms. The molecule has 0 bridgehead atoms. The van der Waals surface area contributed by atoms with Crippen molar-refractivity contribution in [3.05, 3.63) is 91.0 Å². The lowest BCUT2D eigenvalue weighted by atomic mass is 10.4. The van der Waals surface area contributed by atoms with Gasteiger partial charge in [0.05, 0.1) is 10.9 Å². The maximum Gasteiger partial charge on any atom is 0.215 e. The highest BCUT2D eigenvalue weighted by atomic mass is 32.3. The lowest BCUT2D eigenvalue weighted by molar-refractivity contribution is 0.366. The zero-order valence-corrected chi connectivity index (χ0v) is 18.1. The van der Waals surface area contributed by atoms with Crippen molar-refractivity contribution >= 4 is 21.3 Å². The van der Waals surface area contributed by atoms with Gasteiger partial charge in [-0.1, -0.05) is 81.3 Å². The number of halogens is 1. The molecule has 0 amide bonds. The van der Waals surface area contributed by atoms with E-state index in [4.69, 9.17) is 17.5 Å². The SMILES string of the molecule is CCCC.F.O=S(=O)([O-])O.c1ccc([S+](c2ccccc2)c2ccccc2)cc1. The summed E-state index contributed by atoms with van der Waals surface area (Å²) >= 11 is 0. The van der Waals surface area contributed by atoms with Crippen LogP contribution in [0.2, 0.25) is 0 Å². The quantitative estimate of drug-likeness (QED) is 0.320. The van der Waals surface area contributed by atoms with Crippen LogP contribution in [-0.4, -0.2) is 17.5 Å². The second kappa shape index (κ2) is 14.8. The molecule has 3 rings (SSSR count). The summed E-state index contributed by atoms with van der Waals surface area (Å²) in [6.07, 6.45) is 2.64. The van der Waals surface area contributed by atoms with Crippen LogP contribution in [0.3, 0.4) is 0 Å². The molecule has 0 atom stereocenters. The average Bonchev–Trinajstić information content (AvgIpc) is 2.70. The fourth-order valence-corrected chi connectivity index (χ4v) is 4.18. The molecule has 7 heteroatoms. The molecule has 1 N–H and O–H groups in total. The van der Waals surface area contributed by atoms with Crippen LogP contribution in [0.25, 0.3) is 0 Å². The molecule has 0 unspecified atom stereocenters. The Morgan fingerprint density at radius 1 is 0.690 bits per heavy atom. The molecule has 0 aliphatic heterocycles. The minimum Gasteiger partial charge on any atom is -0.726 e. The molecule has 29 heavy (non-hydrogen) atoms. The molecule has 0 radical (unpaired) electrons. The zero-order valence-electron chi connectivity index (χ0n) is 16.5. The topological polar surface area (TPSA) is 77.4 Å². The number of benzene rings is 3. The third kappa shape index (κ3) is 12.1. The third-order valence-corrected chi connectivity index (χ3v) is 5.67. The molecule has 0 aromatic heterocycles. The summed E-state index contributed by atoms with van der Waals surface area (Å²) in [4.78, 5) is 4.08. The van der Waals surface area contributed by atoms with E-state index in [1.807, 2.05) is 0 Å². The predicted molar refractivity (Wildman–Crippen MR) is 117 cm³/mol. The second-order valence-electron chi connectivity index (χ2n) is 5.67. The van der Waals surface area contributed by atoms with Gasteiger partial charge in [-0.15, -0.1) is 0 Å². The molecule has 0 fully saturated rings. The normalized spacial score (nSPS) is 9.97. The van der Waals surface area contributed by atoms with Crippen LogP contribution in [0, 0.1) is 0 Å². The molecule has 0 saturated carbocycles. The van der Waals surface area contributed by atoms with Crippen molar-refractivity contribution in [2.45, 2.75) is 41.4 Å². The van der Waals surface area contributed by atoms with Crippen LogP contribution in [0.4, 0.5) is 4.70 Å². The summed E-state index contributed by atoms with van der Waals surface area (Å²) in [5.74, 6) is 0. The van der Waals surface area contributed by atoms with Crippen molar-refractivity contribution in [2.75, 3.05) is 0 Å². The smallest absolute Gasteiger partial charge is 0.215 e. The van der Waals surface area contributed by atoms with Gasteiger partial charge in [-0.3, -0.25) is 9.26 Å². The molecule has 4 nitrogen and oxygen atoms in total. The number of hydrogen-bond donors (Lipinski definition) is 1. The number of hydrogen-bond acceptors (Lipinski definition) is 3. The van der Waals surface area contributed by atoms with Gasteiger partial charge >= 0.3 is 0 Å². The molecule has 0 aliphatic carbocycles. The molecule has 3 aromatic carbocycles.